The van der Waals surface area contributed by atoms with Crippen molar-refractivity contribution in [3.63, 3.8) is 0 Å². The van der Waals surface area contributed by atoms with Crippen LogP contribution in [0.25, 0.3) is 0 Å². The molecule has 1 amide bonds. The molecule has 0 aliphatic carbocycles. The zero-order chi connectivity index (χ0) is 17.4. The van der Waals surface area contributed by atoms with Crippen LogP contribution < -0.4 is 5.32 Å². The van der Waals surface area contributed by atoms with E-state index < -0.39 is 18.0 Å². The molecule has 0 radical (unpaired) electrons. The lowest BCUT2D eigenvalue weighted by Gasteiger charge is -2.22. The van der Waals surface area contributed by atoms with Gasteiger partial charge in [0.2, 0.25) is 0 Å². The van der Waals surface area contributed by atoms with E-state index in [2.05, 4.69) is 5.32 Å². The zero-order valence-electron chi connectivity index (χ0n) is 13.5. The van der Waals surface area contributed by atoms with Gasteiger partial charge in [-0.3, -0.25) is 9.59 Å². The highest BCUT2D eigenvalue weighted by molar-refractivity contribution is 5.94. The minimum atomic E-state index is -1.05. The average Bonchev–Trinajstić information content (AvgIpc) is 2.63. The summed E-state index contributed by atoms with van der Waals surface area (Å²) in [5, 5.41) is 13.2. The fourth-order valence-corrected chi connectivity index (χ4v) is 2.35. The number of hydrogen-bond donors (Lipinski definition) is 2. The van der Waals surface area contributed by atoms with Crippen molar-refractivity contribution in [1.29, 1.82) is 0 Å². The molecule has 0 saturated heterocycles. The Morgan fingerprint density at radius 1 is 1.04 bits per heavy atom. The van der Waals surface area contributed by atoms with Crippen LogP contribution >= 0.6 is 0 Å². The quantitative estimate of drug-likeness (QED) is 0.765. The van der Waals surface area contributed by atoms with E-state index >= 15 is 0 Å². The van der Waals surface area contributed by atoms with Gasteiger partial charge >= 0.3 is 5.97 Å². The van der Waals surface area contributed by atoms with Crippen molar-refractivity contribution in [3.8, 4) is 0 Å². The van der Waals surface area contributed by atoms with Gasteiger partial charge in [0, 0.05) is 12.1 Å². The molecule has 0 spiro atoms. The van der Waals surface area contributed by atoms with Crippen LogP contribution in [-0.2, 0) is 9.53 Å². The molecule has 24 heavy (non-hydrogen) atoms. The molecule has 0 aliphatic heterocycles. The van der Waals surface area contributed by atoms with E-state index in [1.807, 2.05) is 12.1 Å². The lowest BCUT2D eigenvalue weighted by molar-refractivity contribution is -0.151. The highest BCUT2D eigenvalue weighted by Gasteiger charge is 2.29. The molecule has 0 aliphatic rings. The van der Waals surface area contributed by atoms with Gasteiger partial charge in [-0.15, -0.1) is 0 Å². The van der Waals surface area contributed by atoms with Crippen molar-refractivity contribution in [3.05, 3.63) is 71.8 Å². The molecule has 2 unspecified atom stereocenters. The number of benzene rings is 2. The Bertz CT molecular complexity index is 658. The molecular formula is C19H21NO4. The van der Waals surface area contributed by atoms with Crippen LogP contribution in [0.3, 0.4) is 0 Å². The van der Waals surface area contributed by atoms with E-state index in [0.29, 0.717) is 11.1 Å². The minimum absolute atomic E-state index is 0.0113. The Hall–Kier alpha value is -2.66. The molecule has 2 atom stereocenters. The summed E-state index contributed by atoms with van der Waals surface area (Å²) in [7, 11) is 0. The van der Waals surface area contributed by atoms with Crippen LogP contribution in [0.5, 0.6) is 0 Å². The third kappa shape index (κ3) is 4.67. The molecule has 0 fully saturated rings. The Labute approximate surface area is 141 Å². The summed E-state index contributed by atoms with van der Waals surface area (Å²) in [5.41, 5.74) is 1.10. The molecule has 5 heteroatoms. The molecular weight excluding hydrogens is 306 g/mol. The standard InChI is InChI=1S/C19H21NO4/c1-2-24-19(23)16(17(21)14-9-5-3-6-10-14)13-20-18(22)15-11-7-4-8-12-15/h3-12,16-17,21H,2,13H2,1H3,(H,20,22). The van der Waals surface area contributed by atoms with Crippen molar-refractivity contribution < 1.29 is 19.4 Å². The summed E-state index contributed by atoms with van der Waals surface area (Å²) in [6.07, 6.45) is -1.05. The second kappa shape index (κ2) is 8.84. The van der Waals surface area contributed by atoms with Crippen molar-refractivity contribution in [1.82, 2.24) is 5.32 Å². The Morgan fingerprint density at radius 2 is 1.62 bits per heavy atom. The highest BCUT2D eigenvalue weighted by atomic mass is 16.5. The predicted octanol–water partition coefficient (Wildman–Crippen LogP) is 2.33. The summed E-state index contributed by atoms with van der Waals surface area (Å²) in [5.74, 6) is -1.72. The maximum atomic E-state index is 12.2. The molecule has 2 aromatic carbocycles. The molecule has 5 nitrogen and oxygen atoms in total. The first-order valence-corrected chi connectivity index (χ1v) is 7.86. The summed E-state index contributed by atoms with van der Waals surface area (Å²) < 4.78 is 5.03. The first-order chi connectivity index (χ1) is 11.6. The molecule has 0 saturated carbocycles. The number of amides is 1. The normalized spacial score (nSPS) is 12.9. The number of aliphatic hydroxyl groups is 1. The van der Waals surface area contributed by atoms with Gasteiger partial charge in [-0.2, -0.15) is 0 Å². The number of rotatable bonds is 7. The minimum Gasteiger partial charge on any atom is -0.466 e. The Balaban J connectivity index is 2.09. The van der Waals surface area contributed by atoms with Crippen molar-refractivity contribution >= 4 is 11.9 Å². The van der Waals surface area contributed by atoms with Crippen LogP contribution in [0.1, 0.15) is 28.9 Å². The van der Waals surface area contributed by atoms with Gasteiger partial charge in [0.25, 0.3) is 5.91 Å². The lowest BCUT2D eigenvalue weighted by atomic mass is 9.95. The monoisotopic (exact) mass is 327 g/mol. The average molecular weight is 327 g/mol. The Morgan fingerprint density at radius 3 is 2.21 bits per heavy atom. The van der Waals surface area contributed by atoms with E-state index in [1.54, 1.807) is 55.5 Å². The predicted molar refractivity (Wildman–Crippen MR) is 90.3 cm³/mol. The number of hydrogen-bond acceptors (Lipinski definition) is 4. The first-order valence-electron chi connectivity index (χ1n) is 7.86. The van der Waals surface area contributed by atoms with Crippen molar-refractivity contribution in [2.75, 3.05) is 13.2 Å². The maximum Gasteiger partial charge on any atom is 0.313 e. The third-order valence-electron chi connectivity index (χ3n) is 3.63. The van der Waals surface area contributed by atoms with Crippen LogP contribution in [0, 0.1) is 5.92 Å². The summed E-state index contributed by atoms with van der Waals surface area (Å²) in [4.78, 5) is 24.3. The van der Waals surface area contributed by atoms with E-state index in [0.717, 1.165) is 0 Å². The zero-order valence-corrected chi connectivity index (χ0v) is 13.5. The van der Waals surface area contributed by atoms with Gasteiger partial charge < -0.3 is 15.2 Å². The van der Waals surface area contributed by atoms with Gasteiger partial charge in [-0.25, -0.2) is 0 Å². The molecule has 126 valence electrons. The smallest absolute Gasteiger partial charge is 0.313 e. The number of carbonyl (C=O) groups is 2. The van der Waals surface area contributed by atoms with Gasteiger partial charge in [-0.1, -0.05) is 48.5 Å². The Kier molecular flexibility index (Phi) is 6.51. The molecule has 2 rings (SSSR count). The summed E-state index contributed by atoms with van der Waals surface area (Å²) in [6, 6.07) is 17.6. The molecule has 0 heterocycles. The van der Waals surface area contributed by atoms with Gasteiger partial charge in [-0.05, 0) is 24.6 Å². The number of aliphatic hydroxyl groups excluding tert-OH is 1. The lowest BCUT2D eigenvalue weighted by Crippen LogP contribution is -2.37. The van der Waals surface area contributed by atoms with Gasteiger partial charge in [0.1, 0.15) is 5.92 Å². The largest absolute Gasteiger partial charge is 0.466 e. The van der Waals surface area contributed by atoms with Crippen LogP contribution in [0.4, 0.5) is 0 Å². The van der Waals surface area contributed by atoms with E-state index in [9.17, 15) is 14.7 Å². The second-order valence-electron chi connectivity index (χ2n) is 5.29. The second-order valence-corrected chi connectivity index (χ2v) is 5.29. The summed E-state index contributed by atoms with van der Waals surface area (Å²) >= 11 is 0. The topological polar surface area (TPSA) is 75.6 Å². The third-order valence-corrected chi connectivity index (χ3v) is 3.63. The molecule has 0 bridgehead atoms. The van der Waals surface area contributed by atoms with Crippen LogP contribution in [-0.4, -0.2) is 30.1 Å². The summed E-state index contributed by atoms with van der Waals surface area (Å²) in [6.45, 7) is 1.90. The molecule has 2 aromatic rings. The molecule has 0 aromatic heterocycles. The molecule has 2 N–H and O–H groups in total. The SMILES string of the molecule is CCOC(=O)C(CNC(=O)c1ccccc1)C(O)c1ccccc1. The fraction of sp³-hybridized carbons (Fsp3) is 0.263. The first kappa shape index (κ1) is 17.7. The number of esters is 1. The van der Waals surface area contributed by atoms with E-state index in [-0.39, 0.29) is 19.1 Å². The maximum absolute atomic E-state index is 12.2. The number of nitrogens with one attached hydrogen (secondary N) is 1. The van der Waals surface area contributed by atoms with Crippen molar-refractivity contribution in [2.45, 2.75) is 13.0 Å². The van der Waals surface area contributed by atoms with Crippen LogP contribution in [0.2, 0.25) is 0 Å². The number of ether oxygens (including phenoxy) is 1. The number of carbonyl (C=O) groups excluding carboxylic acids is 2. The highest BCUT2D eigenvalue weighted by Crippen LogP contribution is 2.23. The van der Waals surface area contributed by atoms with Crippen LogP contribution in [0.15, 0.2) is 60.7 Å². The fourth-order valence-electron chi connectivity index (χ4n) is 2.35. The van der Waals surface area contributed by atoms with Crippen molar-refractivity contribution in [2.24, 2.45) is 5.92 Å². The van der Waals surface area contributed by atoms with E-state index in [4.69, 9.17) is 4.74 Å². The van der Waals surface area contributed by atoms with Gasteiger partial charge in [0.15, 0.2) is 0 Å². The van der Waals surface area contributed by atoms with Gasteiger partial charge in [0.05, 0.1) is 12.7 Å². The van der Waals surface area contributed by atoms with E-state index in [1.165, 1.54) is 0 Å².